The van der Waals surface area contributed by atoms with E-state index < -0.39 is 51.6 Å². The number of methoxy groups -OCH3 is 1. The average Bonchev–Trinajstić information content (AvgIpc) is 2.55. The number of carbonyl (C=O) groups is 1. The van der Waals surface area contributed by atoms with Crippen molar-refractivity contribution >= 4 is 11.7 Å². The molecule has 0 aliphatic rings. The van der Waals surface area contributed by atoms with Crippen molar-refractivity contribution < 1.29 is 36.8 Å². The van der Waals surface area contributed by atoms with Crippen LogP contribution in [0.1, 0.15) is 10.4 Å². The summed E-state index contributed by atoms with van der Waals surface area (Å²) in [7, 11) is 1.03. The first-order valence-electron chi connectivity index (χ1n) is 6.00. The molecule has 11 heteroatoms. The van der Waals surface area contributed by atoms with E-state index in [1.807, 2.05) is 0 Å². The van der Waals surface area contributed by atoms with Crippen molar-refractivity contribution in [3.8, 4) is 11.5 Å². The van der Waals surface area contributed by atoms with Gasteiger partial charge < -0.3 is 9.47 Å². The summed E-state index contributed by atoms with van der Waals surface area (Å²) in [6.45, 7) is 0. The van der Waals surface area contributed by atoms with E-state index in [0.29, 0.717) is 0 Å². The number of hydrogen-bond acceptors (Lipinski definition) is 6. The van der Waals surface area contributed by atoms with Gasteiger partial charge in [-0.2, -0.15) is 22.5 Å². The van der Waals surface area contributed by atoms with Gasteiger partial charge in [0.05, 0.1) is 17.6 Å². The molecule has 0 spiro atoms. The van der Waals surface area contributed by atoms with E-state index in [1.165, 1.54) is 0 Å². The normalized spacial score (nSPS) is 10.4. The second-order valence-electron chi connectivity index (χ2n) is 4.18. The number of nitro groups is 1. The van der Waals surface area contributed by atoms with Crippen molar-refractivity contribution in [2.75, 3.05) is 7.11 Å². The van der Waals surface area contributed by atoms with Crippen LogP contribution in [-0.4, -0.2) is 23.0 Å². The van der Waals surface area contributed by atoms with Crippen LogP contribution in [0, 0.1) is 33.6 Å². The largest absolute Gasteiger partial charge is 0.465 e. The highest BCUT2D eigenvalue weighted by Crippen LogP contribution is 2.35. The van der Waals surface area contributed by atoms with E-state index >= 15 is 0 Å². The second-order valence-corrected chi connectivity index (χ2v) is 4.18. The number of halogens is 4. The fourth-order valence-electron chi connectivity index (χ4n) is 1.66. The standard InChI is InChI=1S/C13H6F4N2O5/c1-23-13(20)5-2-3-6(19(21)22)7(4-5)24-10-8(14)11(16)18-12(17)9(10)15/h2-4H,1H3. The fourth-order valence-corrected chi connectivity index (χ4v) is 1.66. The Morgan fingerprint density at radius 2 is 1.75 bits per heavy atom. The molecule has 24 heavy (non-hydrogen) atoms. The number of nitrogens with zero attached hydrogens (tertiary/aromatic N) is 2. The molecular formula is C13H6F4N2O5. The highest BCUT2D eigenvalue weighted by Gasteiger charge is 2.26. The quantitative estimate of drug-likeness (QED) is 0.278. The van der Waals surface area contributed by atoms with Gasteiger partial charge in [-0.25, -0.2) is 4.79 Å². The Kier molecular flexibility index (Phi) is 4.62. The number of hydrogen-bond donors (Lipinski definition) is 0. The number of benzene rings is 1. The molecule has 0 aliphatic carbocycles. The lowest BCUT2D eigenvalue weighted by molar-refractivity contribution is -0.385. The van der Waals surface area contributed by atoms with Gasteiger partial charge in [0.15, 0.2) is 0 Å². The number of nitro benzene ring substituents is 1. The third kappa shape index (κ3) is 3.09. The number of aromatic nitrogens is 1. The predicted molar refractivity (Wildman–Crippen MR) is 68.6 cm³/mol. The summed E-state index contributed by atoms with van der Waals surface area (Å²) in [4.78, 5) is 23.7. The lowest BCUT2D eigenvalue weighted by Crippen LogP contribution is -2.06. The minimum atomic E-state index is -2.00. The molecule has 7 nitrogen and oxygen atoms in total. The van der Waals surface area contributed by atoms with Gasteiger partial charge in [-0.05, 0) is 6.07 Å². The van der Waals surface area contributed by atoms with Gasteiger partial charge in [0, 0.05) is 12.1 Å². The number of pyridine rings is 1. The molecule has 0 saturated carbocycles. The second kappa shape index (κ2) is 6.48. The van der Waals surface area contributed by atoms with E-state index in [-0.39, 0.29) is 5.56 Å². The SMILES string of the molecule is COC(=O)c1ccc([N+](=O)[O-])c(Oc2c(F)c(F)nc(F)c2F)c1. The van der Waals surface area contributed by atoms with Crippen LogP contribution in [-0.2, 0) is 4.74 Å². The first-order chi connectivity index (χ1) is 11.3. The third-order valence-corrected chi connectivity index (χ3v) is 2.75. The molecule has 0 N–H and O–H groups in total. The van der Waals surface area contributed by atoms with Gasteiger partial charge in [0.2, 0.25) is 23.1 Å². The van der Waals surface area contributed by atoms with Crippen LogP contribution in [0.4, 0.5) is 23.2 Å². The third-order valence-electron chi connectivity index (χ3n) is 2.75. The maximum absolute atomic E-state index is 13.6. The zero-order valence-corrected chi connectivity index (χ0v) is 11.7. The van der Waals surface area contributed by atoms with Crippen LogP contribution in [0.2, 0.25) is 0 Å². The highest BCUT2D eigenvalue weighted by molar-refractivity contribution is 5.90. The molecule has 0 unspecified atom stereocenters. The van der Waals surface area contributed by atoms with E-state index in [9.17, 15) is 32.5 Å². The molecule has 1 aromatic heterocycles. The molecule has 0 fully saturated rings. The zero-order chi connectivity index (χ0) is 18.0. The Balaban J connectivity index is 2.60. The van der Waals surface area contributed by atoms with Crippen molar-refractivity contribution in [3.05, 3.63) is 57.4 Å². The zero-order valence-electron chi connectivity index (χ0n) is 11.7. The number of rotatable bonds is 4. The Bertz CT molecular complexity index is 817. The van der Waals surface area contributed by atoms with Crippen molar-refractivity contribution in [3.63, 3.8) is 0 Å². The van der Waals surface area contributed by atoms with Crippen LogP contribution in [0.3, 0.4) is 0 Å². The lowest BCUT2D eigenvalue weighted by Gasteiger charge is -2.10. The number of esters is 1. The van der Waals surface area contributed by atoms with Crippen LogP contribution in [0.25, 0.3) is 0 Å². The molecule has 2 rings (SSSR count). The van der Waals surface area contributed by atoms with E-state index in [2.05, 4.69) is 14.5 Å². The predicted octanol–water partition coefficient (Wildman–Crippen LogP) is 3.13. The van der Waals surface area contributed by atoms with Crippen molar-refractivity contribution in [1.82, 2.24) is 4.98 Å². The average molecular weight is 346 g/mol. The molecule has 1 aromatic carbocycles. The van der Waals surface area contributed by atoms with E-state index in [0.717, 1.165) is 25.3 Å². The van der Waals surface area contributed by atoms with Crippen LogP contribution >= 0.6 is 0 Å². The molecule has 126 valence electrons. The van der Waals surface area contributed by atoms with Gasteiger partial charge in [-0.15, -0.1) is 0 Å². The smallest absolute Gasteiger partial charge is 0.337 e. The highest BCUT2D eigenvalue weighted by atomic mass is 19.2. The van der Waals surface area contributed by atoms with Crippen molar-refractivity contribution in [2.24, 2.45) is 0 Å². The Morgan fingerprint density at radius 1 is 1.17 bits per heavy atom. The molecule has 0 bridgehead atoms. The molecule has 0 saturated heterocycles. The Labute approximate surface area is 130 Å². The minimum Gasteiger partial charge on any atom is -0.465 e. The van der Waals surface area contributed by atoms with Crippen LogP contribution in [0.15, 0.2) is 18.2 Å². The van der Waals surface area contributed by atoms with Gasteiger partial charge in [-0.3, -0.25) is 10.1 Å². The van der Waals surface area contributed by atoms with Crippen molar-refractivity contribution in [2.45, 2.75) is 0 Å². The topological polar surface area (TPSA) is 91.6 Å². The van der Waals surface area contributed by atoms with Crippen molar-refractivity contribution in [1.29, 1.82) is 0 Å². The Hall–Kier alpha value is -3.24. The summed E-state index contributed by atoms with van der Waals surface area (Å²) in [6.07, 6.45) is 0. The summed E-state index contributed by atoms with van der Waals surface area (Å²) in [5.74, 6) is -11.3. The van der Waals surface area contributed by atoms with Crippen LogP contribution < -0.4 is 4.74 Å². The first kappa shape index (κ1) is 17.1. The lowest BCUT2D eigenvalue weighted by atomic mass is 10.2. The molecule has 0 radical (unpaired) electrons. The first-order valence-corrected chi connectivity index (χ1v) is 6.00. The maximum atomic E-state index is 13.6. The summed E-state index contributed by atoms with van der Waals surface area (Å²) in [5.41, 5.74) is -1.06. The van der Waals surface area contributed by atoms with E-state index in [4.69, 9.17) is 0 Å². The van der Waals surface area contributed by atoms with Gasteiger partial charge in [-0.1, -0.05) is 0 Å². The molecule has 0 aliphatic heterocycles. The fraction of sp³-hybridized carbons (Fsp3) is 0.0769. The Morgan fingerprint density at radius 3 is 2.25 bits per heavy atom. The number of ether oxygens (including phenoxy) is 2. The number of carbonyl (C=O) groups excluding carboxylic acids is 1. The van der Waals surface area contributed by atoms with Gasteiger partial charge >= 0.3 is 11.7 Å². The summed E-state index contributed by atoms with van der Waals surface area (Å²) in [5, 5.41) is 10.9. The van der Waals surface area contributed by atoms with Crippen LogP contribution in [0.5, 0.6) is 11.5 Å². The summed E-state index contributed by atoms with van der Waals surface area (Å²) >= 11 is 0. The summed E-state index contributed by atoms with van der Waals surface area (Å²) in [6, 6.07) is 2.53. The minimum absolute atomic E-state index is 0.256. The molecule has 2 aromatic rings. The van der Waals surface area contributed by atoms with Gasteiger partial charge in [0.25, 0.3) is 11.9 Å². The summed E-state index contributed by atoms with van der Waals surface area (Å²) < 4.78 is 62.2. The molecule has 1 heterocycles. The van der Waals surface area contributed by atoms with Gasteiger partial charge in [0.1, 0.15) is 0 Å². The molecule has 0 amide bonds. The van der Waals surface area contributed by atoms with E-state index in [1.54, 1.807) is 0 Å². The molecular weight excluding hydrogens is 340 g/mol. The molecule has 0 atom stereocenters. The maximum Gasteiger partial charge on any atom is 0.337 e. The monoisotopic (exact) mass is 346 g/mol.